The van der Waals surface area contributed by atoms with Gasteiger partial charge in [-0.2, -0.15) is 0 Å². The normalized spacial score (nSPS) is 27.7. The van der Waals surface area contributed by atoms with Crippen molar-refractivity contribution in [2.24, 2.45) is 0 Å². The maximum absolute atomic E-state index is 12.6. The SMILES string of the molecule is O=c1ccn(C2CCC(COP3(=O)OCc4ccncc4O3)O2)c(=O)[nH]1. The highest BCUT2D eigenvalue weighted by Crippen LogP contribution is 2.54. The van der Waals surface area contributed by atoms with E-state index in [1.54, 1.807) is 12.3 Å². The molecular formula is C15H16N3O7P. The Morgan fingerprint density at radius 2 is 2.23 bits per heavy atom. The summed E-state index contributed by atoms with van der Waals surface area (Å²) in [6.45, 7) is 0.0948. The highest BCUT2D eigenvalue weighted by atomic mass is 31.2. The molecule has 1 fully saturated rings. The van der Waals surface area contributed by atoms with Crippen molar-refractivity contribution in [3.05, 3.63) is 57.1 Å². The standard InChI is InChI=1S/C15H16N3O7P/c19-13-4-6-18(15(20)17-13)14-2-1-11(24-14)9-23-26(21)22-8-10-3-5-16-7-12(10)25-26/h3-7,11,14H,1-2,8-9H2,(H,17,19,20). The number of phosphoric ester groups is 1. The molecule has 2 aliphatic rings. The summed E-state index contributed by atoms with van der Waals surface area (Å²) in [7, 11) is -3.74. The van der Waals surface area contributed by atoms with Crippen LogP contribution in [0.3, 0.4) is 0 Å². The van der Waals surface area contributed by atoms with Crippen LogP contribution in [-0.4, -0.2) is 27.2 Å². The molecule has 2 aromatic rings. The largest absolute Gasteiger partial charge is 0.530 e. The second-order valence-electron chi connectivity index (χ2n) is 5.90. The first-order valence-corrected chi connectivity index (χ1v) is 9.47. The number of ether oxygens (including phenoxy) is 1. The van der Waals surface area contributed by atoms with E-state index in [-0.39, 0.29) is 19.3 Å². The molecule has 0 radical (unpaired) electrons. The van der Waals surface area contributed by atoms with E-state index in [2.05, 4.69) is 9.97 Å². The highest BCUT2D eigenvalue weighted by molar-refractivity contribution is 7.49. The molecule has 2 aliphatic heterocycles. The molecule has 0 saturated carbocycles. The first-order valence-electron chi connectivity index (χ1n) is 8.01. The zero-order chi connectivity index (χ0) is 18.1. The molecule has 0 spiro atoms. The molecule has 11 heteroatoms. The van der Waals surface area contributed by atoms with Crippen LogP contribution in [0.25, 0.3) is 0 Å². The summed E-state index contributed by atoms with van der Waals surface area (Å²) in [5.41, 5.74) is -0.270. The van der Waals surface area contributed by atoms with Crippen LogP contribution in [-0.2, 0) is 25.0 Å². The van der Waals surface area contributed by atoms with E-state index >= 15 is 0 Å². The molecule has 3 atom stereocenters. The Morgan fingerprint density at radius 3 is 3.08 bits per heavy atom. The van der Waals surface area contributed by atoms with Crippen LogP contribution in [0.4, 0.5) is 0 Å². The Labute approximate surface area is 147 Å². The Kier molecular flexibility index (Phi) is 4.49. The van der Waals surface area contributed by atoms with Crippen molar-refractivity contribution in [3.8, 4) is 5.75 Å². The molecule has 4 heterocycles. The summed E-state index contributed by atoms with van der Waals surface area (Å²) < 4.78 is 35.5. The van der Waals surface area contributed by atoms with Gasteiger partial charge in [-0.05, 0) is 18.9 Å². The van der Waals surface area contributed by atoms with E-state index in [0.29, 0.717) is 18.6 Å². The van der Waals surface area contributed by atoms with Gasteiger partial charge in [0.15, 0.2) is 5.75 Å². The molecule has 10 nitrogen and oxygen atoms in total. The third-order valence-corrected chi connectivity index (χ3v) is 5.45. The summed E-state index contributed by atoms with van der Waals surface area (Å²) in [5, 5.41) is 0. The van der Waals surface area contributed by atoms with Gasteiger partial charge in [0.05, 0.1) is 25.5 Å². The van der Waals surface area contributed by atoms with E-state index in [1.165, 1.54) is 23.0 Å². The number of hydrogen-bond acceptors (Lipinski definition) is 8. The first kappa shape index (κ1) is 17.2. The predicted molar refractivity (Wildman–Crippen MR) is 87.7 cm³/mol. The van der Waals surface area contributed by atoms with Gasteiger partial charge >= 0.3 is 13.5 Å². The minimum absolute atomic E-state index is 0.0124. The van der Waals surface area contributed by atoms with Gasteiger partial charge in [-0.15, -0.1) is 0 Å². The van der Waals surface area contributed by atoms with Crippen molar-refractivity contribution >= 4 is 7.82 Å². The van der Waals surface area contributed by atoms with Crippen molar-refractivity contribution in [2.75, 3.05) is 6.61 Å². The van der Waals surface area contributed by atoms with Gasteiger partial charge in [0.2, 0.25) is 0 Å². The van der Waals surface area contributed by atoms with E-state index < -0.39 is 25.3 Å². The zero-order valence-electron chi connectivity index (χ0n) is 13.6. The van der Waals surface area contributed by atoms with Gasteiger partial charge in [-0.25, -0.2) is 9.36 Å². The predicted octanol–water partition coefficient (Wildman–Crippen LogP) is 1.34. The lowest BCUT2D eigenvalue weighted by Gasteiger charge is -2.25. The monoisotopic (exact) mass is 381 g/mol. The summed E-state index contributed by atoms with van der Waals surface area (Å²) in [5.74, 6) is 0.368. The molecule has 2 aromatic heterocycles. The summed E-state index contributed by atoms with van der Waals surface area (Å²) in [4.78, 5) is 29.0. The van der Waals surface area contributed by atoms with Gasteiger partial charge in [0.1, 0.15) is 6.23 Å². The van der Waals surface area contributed by atoms with Gasteiger partial charge in [-0.3, -0.25) is 28.4 Å². The van der Waals surface area contributed by atoms with Gasteiger partial charge < -0.3 is 9.26 Å². The Hall–Kier alpha value is -2.26. The number of rotatable bonds is 4. The maximum atomic E-state index is 12.6. The Morgan fingerprint density at radius 1 is 1.35 bits per heavy atom. The minimum Gasteiger partial charge on any atom is -0.402 e. The lowest BCUT2D eigenvalue weighted by Crippen LogP contribution is -2.31. The molecule has 1 N–H and O–H groups in total. The van der Waals surface area contributed by atoms with E-state index in [1.807, 2.05) is 0 Å². The minimum atomic E-state index is -3.74. The smallest absolute Gasteiger partial charge is 0.402 e. The van der Waals surface area contributed by atoms with Crippen molar-refractivity contribution in [3.63, 3.8) is 0 Å². The average Bonchev–Trinajstić information content (AvgIpc) is 3.09. The maximum Gasteiger partial charge on any atom is 0.530 e. The third-order valence-electron chi connectivity index (χ3n) is 4.12. The number of aromatic amines is 1. The second-order valence-corrected chi connectivity index (χ2v) is 7.49. The summed E-state index contributed by atoms with van der Waals surface area (Å²) in [6, 6.07) is 2.97. The molecule has 26 heavy (non-hydrogen) atoms. The van der Waals surface area contributed by atoms with Gasteiger partial charge in [0, 0.05) is 24.0 Å². The quantitative estimate of drug-likeness (QED) is 0.788. The fraction of sp³-hybridized carbons (Fsp3) is 0.400. The third kappa shape index (κ3) is 3.49. The van der Waals surface area contributed by atoms with Crippen molar-refractivity contribution in [1.82, 2.24) is 14.5 Å². The number of nitrogens with zero attached hydrogens (tertiary/aromatic N) is 2. The zero-order valence-corrected chi connectivity index (χ0v) is 14.5. The van der Waals surface area contributed by atoms with E-state index in [4.69, 9.17) is 18.3 Å². The number of H-pyrrole nitrogens is 1. The molecular weight excluding hydrogens is 365 g/mol. The second kappa shape index (κ2) is 6.81. The number of nitrogens with one attached hydrogen (secondary N) is 1. The van der Waals surface area contributed by atoms with E-state index in [9.17, 15) is 14.2 Å². The number of fused-ring (bicyclic) bond motifs is 1. The lowest BCUT2D eigenvalue weighted by molar-refractivity contribution is -0.0264. The van der Waals surface area contributed by atoms with Crippen LogP contribution in [0.2, 0.25) is 0 Å². The lowest BCUT2D eigenvalue weighted by atomic mass is 10.2. The molecule has 0 bridgehead atoms. The van der Waals surface area contributed by atoms with Crippen LogP contribution in [0, 0.1) is 0 Å². The van der Waals surface area contributed by atoms with Gasteiger partial charge in [0.25, 0.3) is 5.56 Å². The molecule has 1 saturated heterocycles. The van der Waals surface area contributed by atoms with Crippen molar-refractivity contribution in [2.45, 2.75) is 31.8 Å². The van der Waals surface area contributed by atoms with Crippen molar-refractivity contribution < 1.29 is 22.9 Å². The van der Waals surface area contributed by atoms with Gasteiger partial charge in [-0.1, -0.05) is 0 Å². The number of hydrogen-bond donors (Lipinski definition) is 1. The van der Waals surface area contributed by atoms with Crippen LogP contribution >= 0.6 is 7.82 Å². The molecule has 0 aromatic carbocycles. The number of pyridine rings is 1. The molecule has 3 unspecified atom stereocenters. The fourth-order valence-electron chi connectivity index (χ4n) is 2.81. The van der Waals surface area contributed by atoms with Crippen LogP contribution in [0.1, 0.15) is 24.6 Å². The summed E-state index contributed by atoms with van der Waals surface area (Å²) >= 11 is 0. The highest BCUT2D eigenvalue weighted by Gasteiger charge is 2.37. The van der Waals surface area contributed by atoms with Crippen LogP contribution in [0.5, 0.6) is 5.75 Å². The fourth-order valence-corrected chi connectivity index (χ4v) is 4.04. The van der Waals surface area contributed by atoms with E-state index in [0.717, 1.165) is 5.56 Å². The molecule has 0 aliphatic carbocycles. The number of aromatic nitrogens is 3. The topological polar surface area (TPSA) is 122 Å². The van der Waals surface area contributed by atoms with Crippen LogP contribution in [0.15, 0.2) is 40.3 Å². The Balaban J connectivity index is 1.37. The number of phosphoric acid groups is 1. The molecule has 138 valence electrons. The summed E-state index contributed by atoms with van der Waals surface area (Å²) in [6.07, 6.45) is 4.67. The molecule has 0 amide bonds. The Bertz CT molecular complexity index is 972. The average molecular weight is 381 g/mol. The molecule has 4 rings (SSSR count). The van der Waals surface area contributed by atoms with Crippen molar-refractivity contribution in [1.29, 1.82) is 0 Å². The van der Waals surface area contributed by atoms with Crippen LogP contribution < -0.4 is 15.8 Å². The first-order chi connectivity index (χ1) is 12.5.